The lowest BCUT2D eigenvalue weighted by atomic mass is 10.1. The molecule has 2 heterocycles. The third kappa shape index (κ3) is 4.78. The minimum Gasteiger partial charge on any atom is -0.451 e. The van der Waals surface area contributed by atoms with Gasteiger partial charge in [-0.05, 0) is 42.8 Å². The molecule has 1 atom stereocenters. The number of amides is 2. The van der Waals surface area contributed by atoms with Crippen LogP contribution in [0.5, 0.6) is 0 Å². The molecular weight excluding hydrogens is 390 g/mol. The molecule has 7 heteroatoms. The zero-order valence-corrected chi connectivity index (χ0v) is 17.0. The number of carbonyl (C=O) groups is 2. The molecule has 0 aliphatic carbocycles. The topological polar surface area (TPSA) is 74.6 Å². The summed E-state index contributed by atoms with van der Waals surface area (Å²) in [6, 6.07) is 16.9. The average molecular weight is 414 g/mol. The Morgan fingerprint density at radius 3 is 2.62 bits per heavy atom. The lowest BCUT2D eigenvalue weighted by Gasteiger charge is -2.23. The normalized spacial score (nSPS) is 15.7. The van der Waals surface area contributed by atoms with Crippen LogP contribution < -0.4 is 10.6 Å². The Balaban J connectivity index is 0.00000240. The van der Waals surface area contributed by atoms with Crippen molar-refractivity contribution in [3.8, 4) is 0 Å². The number of carbonyl (C=O) groups excluding carboxylic acids is 2. The molecule has 2 amide bonds. The van der Waals surface area contributed by atoms with Gasteiger partial charge in [0.25, 0.3) is 5.91 Å². The van der Waals surface area contributed by atoms with Gasteiger partial charge in [-0.2, -0.15) is 0 Å². The molecule has 4 rings (SSSR count). The Morgan fingerprint density at radius 1 is 1.17 bits per heavy atom. The summed E-state index contributed by atoms with van der Waals surface area (Å²) in [5.74, 6) is 0.0773. The predicted octanol–water partition coefficient (Wildman–Crippen LogP) is 3.47. The summed E-state index contributed by atoms with van der Waals surface area (Å²) in [6.07, 6.45) is 1.35. The molecule has 0 radical (unpaired) electrons. The number of para-hydroxylation sites is 1. The summed E-state index contributed by atoms with van der Waals surface area (Å²) in [7, 11) is 1.86. The van der Waals surface area contributed by atoms with E-state index in [1.54, 1.807) is 18.2 Å². The van der Waals surface area contributed by atoms with E-state index in [1.807, 2.05) is 48.3 Å². The highest BCUT2D eigenvalue weighted by Gasteiger charge is 2.23. The van der Waals surface area contributed by atoms with Gasteiger partial charge >= 0.3 is 0 Å². The first-order valence-corrected chi connectivity index (χ1v) is 9.45. The highest BCUT2D eigenvalue weighted by molar-refractivity contribution is 6.04. The number of likely N-dealkylation sites (N-methyl/N-ethyl adjacent to an activating group) is 1. The summed E-state index contributed by atoms with van der Waals surface area (Å²) < 4.78 is 5.59. The summed E-state index contributed by atoms with van der Waals surface area (Å²) in [5.41, 5.74) is 2.27. The number of nitrogens with zero attached hydrogens (tertiary/aromatic N) is 1. The van der Waals surface area contributed by atoms with Gasteiger partial charge in [-0.15, -0.1) is 12.4 Å². The van der Waals surface area contributed by atoms with Crippen LogP contribution in [-0.4, -0.2) is 42.9 Å². The zero-order chi connectivity index (χ0) is 19.5. The maximum Gasteiger partial charge on any atom is 0.291 e. The van der Waals surface area contributed by atoms with E-state index in [2.05, 4.69) is 10.6 Å². The van der Waals surface area contributed by atoms with E-state index in [4.69, 9.17) is 4.42 Å². The number of fused-ring (bicyclic) bond motifs is 1. The van der Waals surface area contributed by atoms with E-state index < -0.39 is 0 Å². The summed E-state index contributed by atoms with van der Waals surface area (Å²) in [5, 5.41) is 7.00. The number of furan rings is 1. The van der Waals surface area contributed by atoms with Crippen molar-refractivity contribution in [1.82, 2.24) is 10.2 Å². The maximum absolute atomic E-state index is 12.4. The number of rotatable bonds is 5. The molecular formula is C22H24ClN3O3. The fourth-order valence-electron chi connectivity index (χ4n) is 3.47. The van der Waals surface area contributed by atoms with Gasteiger partial charge in [0.2, 0.25) is 5.91 Å². The highest BCUT2D eigenvalue weighted by atomic mass is 35.5. The van der Waals surface area contributed by atoms with Crippen LogP contribution in [0.1, 0.15) is 22.5 Å². The van der Waals surface area contributed by atoms with Crippen LogP contribution in [-0.2, 0) is 11.2 Å². The lowest BCUT2D eigenvalue weighted by molar-refractivity contribution is -0.130. The largest absolute Gasteiger partial charge is 0.451 e. The van der Waals surface area contributed by atoms with Crippen molar-refractivity contribution < 1.29 is 14.0 Å². The van der Waals surface area contributed by atoms with Gasteiger partial charge in [-0.1, -0.05) is 30.3 Å². The molecule has 152 valence electrons. The van der Waals surface area contributed by atoms with E-state index in [-0.39, 0.29) is 36.0 Å². The number of hydrogen-bond acceptors (Lipinski definition) is 4. The van der Waals surface area contributed by atoms with Crippen LogP contribution in [0.25, 0.3) is 11.0 Å². The Labute approximate surface area is 175 Å². The first-order valence-electron chi connectivity index (χ1n) is 9.45. The molecule has 1 aliphatic rings. The molecule has 0 spiro atoms. The molecule has 0 bridgehead atoms. The van der Waals surface area contributed by atoms with Gasteiger partial charge < -0.3 is 20.0 Å². The van der Waals surface area contributed by atoms with Crippen molar-refractivity contribution in [1.29, 1.82) is 0 Å². The minimum atomic E-state index is -0.298. The Morgan fingerprint density at radius 2 is 1.93 bits per heavy atom. The van der Waals surface area contributed by atoms with E-state index in [0.29, 0.717) is 17.7 Å². The van der Waals surface area contributed by atoms with Crippen LogP contribution in [0.15, 0.2) is 59.0 Å². The molecule has 29 heavy (non-hydrogen) atoms. The molecule has 1 unspecified atom stereocenters. The van der Waals surface area contributed by atoms with Crippen molar-refractivity contribution in [3.63, 3.8) is 0 Å². The molecule has 1 fully saturated rings. The van der Waals surface area contributed by atoms with Crippen molar-refractivity contribution in [2.45, 2.75) is 18.9 Å². The van der Waals surface area contributed by atoms with Crippen LogP contribution in [0.4, 0.5) is 5.69 Å². The quantitative estimate of drug-likeness (QED) is 0.671. The maximum atomic E-state index is 12.4. The molecule has 2 N–H and O–H groups in total. The van der Waals surface area contributed by atoms with E-state index in [1.165, 1.54) is 0 Å². The summed E-state index contributed by atoms with van der Waals surface area (Å²) >= 11 is 0. The molecule has 6 nitrogen and oxygen atoms in total. The first-order chi connectivity index (χ1) is 13.6. The Hall–Kier alpha value is -2.83. The van der Waals surface area contributed by atoms with Gasteiger partial charge in [0.1, 0.15) is 5.58 Å². The third-order valence-corrected chi connectivity index (χ3v) is 5.19. The standard InChI is InChI=1S/C22H23N3O3.ClH/c1-25(18-10-11-23-14-18)21(26)12-15-6-8-17(9-7-15)24-22(27)20-13-16-4-2-3-5-19(16)28-20;/h2-9,13,18,23H,10-12,14H2,1H3,(H,24,27);1H. The number of hydrogen-bond donors (Lipinski definition) is 2. The van der Waals surface area contributed by atoms with E-state index in [0.717, 1.165) is 30.5 Å². The number of nitrogens with one attached hydrogen (secondary N) is 2. The first kappa shape index (κ1) is 20.9. The third-order valence-electron chi connectivity index (χ3n) is 5.19. The summed E-state index contributed by atoms with van der Waals surface area (Å²) in [6.45, 7) is 1.82. The number of halogens is 1. The van der Waals surface area contributed by atoms with Gasteiger partial charge in [0.15, 0.2) is 5.76 Å². The minimum absolute atomic E-state index is 0. The molecule has 1 saturated heterocycles. The zero-order valence-electron chi connectivity index (χ0n) is 16.2. The van der Waals surface area contributed by atoms with Crippen molar-refractivity contribution in [2.24, 2.45) is 0 Å². The fourth-order valence-corrected chi connectivity index (χ4v) is 3.47. The SMILES string of the molecule is CN(C(=O)Cc1ccc(NC(=O)c2cc3ccccc3o2)cc1)C1CCNC1.Cl. The molecule has 0 saturated carbocycles. The second-order valence-corrected chi connectivity index (χ2v) is 7.13. The van der Waals surface area contributed by atoms with Gasteiger partial charge in [-0.3, -0.25) is 9.59 Å². The second kappa shape index (κ2) is 9.11. The van der Waals surface area contributed by atoms with Crippen LogP contribution >= 0.6 is 12.4 Å². The van der Waals surface area contributed by atoms with Gasteiger partial charge in [0, 0.05) is 30.7 Å². The lowest BCUT2D eigenvalue weighted by Crippen LogP contribution is -2.39. The summed E-state index contributed by atoms with van der Waals surface area (Å²) in [4.78, 5) is 26.7. The molecule has 1 aliphatic heterocycles. The molecule has 1 aromatic heterocycles. The Kier molecular flexibility index (Phi) is 6.56. The van der Waals surface area contributed by atoms with E-state index >= 15 is 0 Å². The van der Waals surface area contributed by atoms with Crippen LogP contribution in [0.2, 0.25) is 0 Å². The van der Waals surface area contributed by atoms with Crippen LogP contribution in [0, 0.1) is 0 Å². The molecule has 2 aromatic carbocycles. The second-order valence-electron chi connectivity index (χ2n) is 7.13. The van der Waals surface area contributed by atoms with Crippen LogP contribution in [0.3, 0.4) is 0 Å². The fraction of sp³-hybridized carbons (Fsp3) is 0.273. The number of benzene rings is 2. The monoisotopic (exact) mass is 413 g/mol. The molecule has 3 aromatic rings. The highest BCUT2D eigenvalue weighted by Crippen LogP contribution is 2.20. The average Bonchev–Trinajstić information content (AvgIpc) is 3.38. The van der Waals surface area contributed by atoms with Crippen molar-refractivity contribution in [3.05, 3.63) is 65.9 Å². The van der Waals surface area contributed by atoms with E-state index in [9.17, 15) is 9.59 Å². The van der Waals surface area contributed by atoms with Gasteiger partial charge in [-0.25, -0.2) is 0 Å². The van der Waals surface area contributed by atoms with Crippen molar-refractivity contribution in [2.75, 3.05) is 25.5 Å². The number of anilines is 1. The predicted molar refractivity (Wildman–Crippen MR) is 116 cm³/mol. The van der Waals surface area contributed by atoms with Crippen molar-refractivity contribution >= 4 is 40.9 Å². The smallest absolute Gasteiger partial charge is 0.291 e. The Bertz CT molecular complexity index is 961. The van der Waals surface area contributed by atoms with Gasteiger partial charge in [0.05, 0.1) is 6.42 Å².